The molecule has 66 heavy (non-hydrogen) atoms. The lowest BCUT2D eigenvalue weighted by Crippen LogP contribution is -2.45. The van der Waals surface area contributed by atoms with E-state index in [4.69, 9.17) is 4.74 Å². The smallest absolute Gasteiger partial charge is 0.305 e. The van der Waals surface area contributed by atoms with Crippen LogP contribution in [0.3, 0.4) is 0 Å². The molecule has 2 unspecified atom stereocenters. The average Bonchev–Trinajstić information content (AvgIpc) is 3.32. The molecule has 0 saturated heterocycles. The van der Waals surface area contributed by atoms with Crippen molar-refractivity contribution in [3.63, 3.8) is 0 Å². The van der Waals surface area contributed by atoms with Crippen molar-refractivity contribution in [1.29, 1.82) is 0 Å². The van der Waals surface area contributed by atoms with Crippen LogP contribution in [0.25, 0.3) is 0 Å². The Morgan fingerprint density at radius 3 is 1.08 bits per heavy atom. The molecule has 0 rings (SSSR count). The van der Waals surface area contributed by atoms with Gasteiger partial charge in [-0.3, -0.25) is 9.59 Å². The lowest BCUT2D eigenvalue weighted by Gasteiger charge is -2.22. The van der Waals surface area contributed by atoms with Gasteiger partial charge in [0.05, 0.1) is 25.4 Å². The van der Waals surface area contributed by atoms with E-state index in [1.54, 1.807) is 0 Å². The molecule has 0 spiro atoms. The molecule has 6 heteroatoms. The first-order valence-corrected chi connectivity index (χ1v) is 29.9. The number of allylic oxidation sites excluding steroid dienone is 2. The van der Waals surface area contributed by atoms with Gasteiger partial charge in [-0.15, -0.1) is 0 Å². The molecule has 0 aliphatic carbocycles. The summed E-state index contributed by atoms with van der Waals surface area (Å²) in [6, 6.07) is -0.563. The van der Waals surface area contributed by atoms with E-state index in [1.165, 1.54) is 244 Å². The summed E-state index contributed by atoms with van der Waals surface area (Å²) < 4.78 is 5.46. The normalized spacial score (nSPS) is 12.6. The molecule has 0 aromatic heterocycles. The number of nitrogens with one attached hydrogen (secondary N) is 1. The van der Waals surface area contributed by atoms with Gasteiger partial charge in [-0.2, -0.15) is 0 Å². The van der Waals surface area contributed by atoms with Crippen molar-refractivity contribution in [3.05, 3.63) is 12.2 Å². The maximum atomic E-state index is 12.5. The van der Waals surface area contributed by atoms with Crippen molar-refractivity contribution in [2.45, 2.75) is 347 Å². The number of aliphatic hydroxyl groups is 2. The third-order valence-corrected chi connectivity index (χ3v) is 14.1. The number of hydrogen-bond donors (Lipinski definition) is 3. The van der Waals surface area contributed by atoms with Crippen LogP contribution in [-0.2, 0) is 14.3 Å². The predicted octanol–water partition coefficient (Wildman–Crippen LogP) is 18.5. The van der Waals surface area contributed by atoms with Gasteiger partial charge in [-0.1, -0.05) is 283 Å². The minimum atomic E-state index is -0.683. The second kappa shape index (κ2) is 56.2. The highest BCUT2D eigenvalue weighted by atomic mass is 16.5. The van der Waals surface area contributed by atoms with Crippen LogP contribution in [-0.4, -0.2) is 47.4 Å². The molecule has 0 bridgehead atoms. The fraction of sp³-hybridized carbons (Fsp3) is 0.933. The third-order valence-electron chi connectivity index (χ3n) is 14.1. The van der Waals surface area contributed by atoms with E-state index >= 15 is 0 Å². The topological polar surface area (TPSA) is 95.9 Å². The van der Waals surface area contributed by atoms with Gasteiger partial charge >= 0.3 is 5.97 Å². The van der Waals surface area contributed by atoms with Crippen LogP contribution in [0.1, 0.15) is 335 Å². The zero-order valence-corrected chi connectivity index (χ0v) is 44.7. The Morgan fingerprint density at radius 2 is 0.712 bits per heavy atom. The number of esters is 1. The molecule has 3 N–H and O–H groups in total. The SMILES string of the molecule is CCCCCCCCC/C=C\CCCCCCCC(=O)OCCCCCCCCCCCC(=O)NC(CO)C(O)CCCCCCCCCCCCCCCCCCCCCCCCCC. The Balaban J connectivity index is 3.46. The molecule has 6 nitrogen and oxygen atoms in total. The van der Waals surface area contributed by atoms with E-state index in [2.05, 4.69) is 31.3 Å². The van der Waals surface area contributed by atoms with Crippen molar-refractivity contribution in [2.75, 3.05) is 13.2 Å². The van der Waals surface area contributed by atoms with Gasteiger partial charge in [0.1, 0.15) is 0 Å². The van der Waals surface area contributed by atoms with E-state index in [1.807, 2.05) is 0 Å². The van der Waals surface area contributed by atoms with Crippen LogP contribution >= 0.6 is 0 Å². The van der Waals surface area contributed by atoms with Crippen molar-refractivity contribution < 1.29 is 24.5 Å². The van der Waals surface area contributed by atoms with Gasteiger partial charge in [0.2, 0.25) is 5.91 Å². The monoisotopic (exact) mass is 932 g/mol. The molecular formula is C60H117NO5. The van der Waals surface area contributed by atoms with Crippen molar-refractivity contribution >= 4 is 11.9 Å². The van der Waals surface area contributed by atoms with E-state index < -0.39 is 12.1 Å². The number of aliphatic hydroxyl groups excluding tert-OH is 2. The second-order valence-corrected chi connectivity index (χ2v) is 20.7. The van der Waals surface area contributed by atoms with Crippen LogP contribution in [0.4, 0.5) is 0 Å². The Labute approximate surface area is 412 Å². The maximum Gasteiger partial charge on any atom is 0.305 e. The predicted molar refractivity (Wildman–Crippen MR) is 287 cm³/mol. The number of carbonyl (C=O) groups excluding carboxylic acids is 2. The molecule has 0 fully saturated rings. The van der Waals surface area contributed by atoms with Crippen LogP contribution in [0.2, 0.25) is 0 Å². The summed E-state index contributed by atoms with van der Waals surface area (Å²) in [5.74, 6) is -0.0898. The first-order chi connectivity index (χ1) is 32.5. The van der Waals surface area contributed by atoms with Crippen molar-refractivity contribution in [3.8, 4) is 0 Å². The highest BCUT2D eigenvalue weighted by Crippen LogP contribution is 2.18. The fourth-order valence-corrected chi connectivity index (χ4v) is 9.46. The minimum absolute atomic E-state index is 0.0308. The zero-order valence-electron chi connectivity index (χ0n) is 44.7. The lowest BCUT2D eigenvalue weighted by molar-refractivity contribution is -0.143. The molecule has 392 valence electrons. The summed E-state index contributed by atoms with van der Waals surface area (Å²) in [6.45, 7) is 4.91. The zero-order chi connectivity index (χ0) is 47.9. The summed E-state index contributed by atoms with van der Waals surface area (Å²) in [4.78, 5) is 24.6. The molecule has 1 amide bonds. The largest absolute Gasteiger partial charge is 0.466 e. The number of carbonyl (C=O) groups is 2. The summed E-state index contributed by atoms with van der Waals surface area (Å²) in [5, 5.41) is 23.3. The molecule has 0 saturated carbocycles. The summed E-state index contributed by atoms with van der Waals surface area (Å²) >= 11 is 0. The van der Waals surface area contributed by atoms with E-state index in [-0.39, 0.29) is 18.5 Å². The van der Waals surface area contributed by atoms with Gasteiger partial charge in [0.15, 0.2) is 0 Å². The fourth-order valence-electron chi connectivity index (χ4n) is 9.46. The average molecular weight is 933 g/mol. The Morgan fingerprint density at radius 1 is 0.409 bits per heavy atom. The van der Waals surface area contributed by atoms with Gasteiger partial charge in [-0.05, 0) is 51.4 Å². The molecule has 0 aliphatic rings. The molecule has 0 heterocycles. The van der Waals surface area contributed by atoms with Gasteiger partial charge in [0.25, 0.3) is 0 Å². The number of amides is 1. The Hall–Kier alpha value is -1.40. The summed E-state index contributed by atoms with van der Waals surface area (Å²) in [6.07, 6.45) is 66.4. The summed E-state index contributed by atoms with van der Waals surface area (Å²) in [5.41, 5.74) is 0. The maximum absolute atomic E-state index is 12.5. The van der Waals surface area contributed by atoms with Crippen molar-refractivity contribution in [1.82, 2.24) is 5.32 Å². The van der Waals surface area contributed by atoms with E-state index in [0.717, 1.165) is 57.8 Å². The molecular weight excluding hydrogens is 815 g/mol. The number of ether oxygens (including phenoxy) is 1. The van der Waals surface area contributed by atoms with Crippen LogP contribution < -0.4 is 5.32 Å². The van der Waals surface area contributed by atoms with Crippen LogP contribution in [0.5, 0.6) is 0 Å². The molecule has 0 aromatic carbocycles. The highest BCUT2D eigenvalue weighted by molar-refractivity contribution is 5.76. The lowest BCUT2D eigenvalue weighted by atomic mass is 10.0. The van der Waals surface area contributed by atoms with Gasteiger partial charge in [-0.25, -0.2) is 0 Å². The summed E-state index contributed by atoms with van der Waals surface area (Å²) in [7, 11) is 0. The molecule has 0 radical (unpaired) electrons. The first kappa shape index (κ1) is 64.6. The Bertz CT molecular complexity index is 986. The number of rotatable bonds is 56. The van der Waals surface area contributed by atoms with Crippen molar-refractivity contribution in [2.24, 2.45) is 0 Å². The highest BCUT2D eigenvalue weighted by Gasteiger charge is 2.20. The standard InChI is InChI=1S/C60H117NO5/c1-3-5-7-9-11-13-15-17-19-21-22-23-24-25-26-27-28-29-31-33-36-40-44-48-52-58(63)57(56-62)61-59(64)53-49-45-41-37-35-39-43-47-51-55-66-60(65)54-50-46-42-38-34-32-30-20-18-16-14-12-10-8-6-4-2/h20,30,57-58,62-63H,3-19,21-29,31-56H2,1-2H3,(H,61,64)/b30-20-. The van der Waals surface area contributed by atoms with Gasteiger partial charge in [0, 0.05) is 12.8 Å². The second-order valence-electron chi connectivity index (χ2n) is 20.7. The van der Waals surface area contributed by atoms with E-state index in [0.29, 0.717) is 25.9 Å². The third kappa shape index (κ3) is 52.0. The number of unbranched alkanes of at least 4 members (excludes halogenated alkanes) is 43. The van der Waals surface area contributed by atoms with Gasteiger partial charge < -0.3 is 20.3 Å². The first-order valence-electron chi connectivity index (χ1n) is 29.9. The minimum Gasteiger partial charge on any atom is -0.466 e. The molecule has 0 aliphatic heterocycles. The molecule has 2 atom stereocenters. The van der Waals surface area contributed by atoms with Crippen LogP contribution in [0, 0.1) is 0 Å². The quantitative estimate of drug-likeness (QED) is 0.0321. The number of hydrogen-bond acceptors (Lipinski definition) is 5. The Kier molecular flexibility index (Phi) is 55.0. The van der Waals surface area contributed by atoms with Crippen LogP contribution in [0.15, 0.2) is 12.2 Å². The van der Waals surface area contributed by atoms with E-state index in [9.17, 15) is 19.8 Å². The molecule has 0 aromatic rings.